The van der Waals surface area contributed by atoms with E-state index in [9.17, 15) is 4.79 Å². The molecule has 1 aromatic heterocycles. The highest BCUT2D eigenvalue weighted by molar-refractivity contribution is 5.97. The predicted octanol–water partition coefficient (Wildman–Crippen LogP) is 0.155. The van der Waals surface area contributed by atoms with Crippen molar-refractivity contribution in [2.75, 3.05) is 31.6 Å². The second-order valence-corrected chi connectivity index (χ2v) is 3.79. The average molecular weight is 259 g/mol. The van der Waals surface area contributed by atoms with Crippen LogP contribution < -0.4 is 5.32 Å². The Hall–Kier alpha value is -2.46. The van der Waals surface area contributed by atoms with Crippen molar-refractivity contribution < 1.29 is 9.53 Å². The van der Waals surface area contributed by atoms with E-state index in [1.165, 1.54) is 6.20 Å². The number of nitrogens with zero attached hydrogens (tertiary/aromatic N) is 4. The first-order chi connectivity index (χ1) is 9.31. The summed E-state index contributed by atoms with van der Waals surface area (Å²) < 4.78 is 5.16. The van der Waals surface area contributed by atoms with Gasteiger partial charge in [-0.15, -0.1) is 0 Å². The van der Waals surface area contributed by atoms with E-state index >= 15 is 0 Å². The number of carbonyl (C=O) groups is 1. The number of nitrogens with one attached hydrogen (secondary N) is 1. The molecule has 1 aromatic rings. The zero-order valence-electron chi connectivity index (χ0n) is 10.2. The van der Waals surface area contributed by atoms with E-state index in [0.717, 1.165) is 0 Å². The molecule has 0 bridgehead atoms. The monoisotopic (exact) mass is 259 g/mol. The van der Waals surface area contributed by atoms with Gasteiger partial charge >= 0.3 is 0 Å². The quantitative estimate of drug-likeness (QED) is 0.614. The molecular weight excluding hydrogens is 246 g/mol. The summed E-state index contributed by atoms with van der Waals surface area (Å²) in [6.45, 7) is 2.00. The number of morpholine rings is 1. The molecule has 1 aliphatic rings. The lowest BCUT2D eigenvalue weighted by Crippen LogP contribution is -2.41. The van der Waals surface area contributed by atoms with Gasteiger partial charge in [-0.2, -0.15) is 5.26 Å². The van der Waals surface area contributed by atoms with Crippen molar-refractivity contribution in [1.82, 2.24) is 14.9 Å². The van der Waals surface area contributed by atoms with Crippen molar-refractivity contribution in [1.29, 1.82) is 5.26 Å². The van der Waals surface area contributed by atoms with Crippen LogP contribution in [0.25, 0.3) is 0 Å². The van der Waals surface area contributed by atoms with Gasteiger partial charge in [-0.1, -0.05) is 0 Å². The zero-order valence-corrected chi connectivity index (χ0v) is 10.2. The average Bonchev–Trinajstić information content (AvgIpc) is 2.49. The van der Waals surface area contributed by atoms with Gasteiger partial charge in [-0.3, -0.25) is 4.79 Å². The van der Waals surface area contributed by atoms with Crippen LogP contribution in [0.3, 0.4) is 0 Å². The molecule has 0 aromatic carbocycles. The summed E-state index contributed by atoms with van der Waals surface area (Å²) in [5.41, 5.74) is 0.0225. The Kier molecular flexibility index (Phi) is 4.42. The van der Waals surface area contributed by atoms with Gasteiger partial charge in [-0.25, -0.2) is 9.97 Å². The third-order valence-electron chi connectivity index (χ3n) is 2.56. The Balaban J connectivity index is 2.03. The molecular formula is C12H13N5O2. The number of amides is 1. The molecule has 1 aliphatic heterocycles. The smallest absolute Gasteiger partial charge is 0.266 e. The largest absolute Gasteiger partial charge is 0.378 e. The van der Waals surface area contributed by atoms with Gasteiger partial charge in [0.15, 0.2) is 0 Å². The minimum Gasteiger partial charge on any atom is -0.378 e. The first kappa shape index (κ1) is 13.0. The summed E-state index contributed by atoms with van der Waals surface area (Å²) in [6, 6.07) is 3.56. The summed E-state index contributed by atoms with van der Waals surface area (Å²) in [5, 5.41) is 11.8. The van der Waals surface area contributed by atoms with Crippen LogP contribution in [0.1, 0.15) is 0 Å². The first-order valence-electron chi connectivity index (χ1n) is 5.82. The third kappa shape index (κ3) is 3.50. The van der Waals surface area contributed by atoms with E-state index < -0.39 is 0 Å². The van der Waals surface area contributed by atoms with Crippen LogP contribution in [0.2, 0.25) is 0 Å². The maximum Gasteiger partial charge on any atom is 0.266 e. The molecule has 1 fully saturated rings. The van der Waals surface area contributed by atoms with E-state index in [1.54, 1.807) is 23.4 Å². The van der Waals surface area contributed by atoms with Crippen molar-refractivity contribution in [3.8, 4) is 6.07 Å². The molecule has 0 unspecified atom stereocenters. The van der Waals surface area contributed by atoms with Crippen molar-refractivity contribution in [3.05, 3.63) is 30.2 Å². The summed E-state index contributed by atoms with van der Waals surface area (Å²) in [5.74, 6) is 0.0271. The van der Waals surface area contributed by atoms with Gasteiger partial charge in [0, 0.05) is 31.7 Å². The van der Waals surface area contributed by atoms with Crippen LogP contribution in [0, 0.1) is 11.3 Å². The van der Waals surface area contributed by atoms with E-state index in [4.69, 9.17) is 10.00 Å². The Morgan fingerprint density at radius 2 is 2.11 bits per heavy atom. The fourth-order valence-electron chi connectivity index (χ4n) is 1.59. The highest BCUT2D eigenvalue weighted by Gasteiger charge is 2.20. The number of hydrogen-bond donors (Lipinski definition) is 1. The second kappa shape index (κ2) is 6.47. The highest BCUT2D eigenvalue weighted by Crippen LogP contribution is 2.05. The Bertz CT molecular complexity index is 503. The standard InChI is InChI=1S/C12H13N5O2/c13-8-10(9-16-12-14-2-1-3-15-12)11(18)17-4-6-19-7-5-17/h1-3,9H,4-7H2,(H,14,15,16)/b10-9-. The fourth-order valence-corrected chi connectivity index (χ4v) is 1.59. The lowest BCUT2D eigenvalue weighted by molar-refractivity contribution is -0.130. The molecule has 0 aliphatic carbocycles. The summed E-state index contributed by atoms with van der Waals surface area (Å²) in [4.78, 5) is 21.5. The van der Waals surface area contributed by atoms with Gasteiger partial charge in [0.1, 0.15) is 11.6 Å². The van der Waals surface area contributed by atoms with Crippen molar-refractivity contribution in [2.45, 2.75) is 0 Å². The number of hydrogen-bond acceptors (Lipinski definition) is 6. The molecule has 2 heterocycles. The third-order valence-corrected chi connectivity index (χ3v) is 2.56. The van der Waals surface area contributed by atoms with Crippen LogP contribution in [0.15, 0.2) is 30.2 Å². The molecule has 2 rings (SSSR count). The van der Waals surface area contributed by atoms with Crippen molar-refractivity contribution in [2.24, 2.45) is 0 Å². The van der Waals surface area contributed by atoms with E-state index in [2.05, 4.69) is 15.3 Å². The fraction of sp³-hybridized carbons (Fsp3) is 0.333. The molecule has 1 N–H and O–H groups in total. The van der Waals surface area contributed by atoms with Gasteiger partial charge in [0.25, 0.3) is 5.91 Å². The number of aromatic nitrogens is 2. The minimum absolute atomic E-state index is 0.0225. The second-order valence-electron chi connectivity index (χ2n) is 3.79. The molecule has 19 heavy (non-hydrogen) atoms. The molecule has 98 valence electrons. The maximum atomic E-state index is 12.0. The molecule has 0 radical (unpaired) electrons. The Morgan fingerprint density at radius 1 is 1.42 bits per heavy atom. The summed E-state index contributed by atoms with van der Waals surface area (Å²) >= 11 is 0. The number of rotatable bonds is 3. The van der Waals surface area contributed by atoms with Gasteiger partial charge < -0.3 is 15.0 Å². The number of carbonyl (C=O) groups excluding carboxylic acids is 1. The molecule has 1 saturated heterocycles. The first-order valence-corrected chi connectivity index (χ1v) is 5.82. The van der Waals surface area contributed by atoms with Crippen LogP contribution in [0.4, 0.5) is 5.95 Å². The number of nitriles is 1. The molecule has 7 heteroatoms. The lowest BCUT2D eigenvalue weighted by Gasteiger charge is -2.26. The number of anilines is 1. The number of ether oxygens (including phenoxy) is 1. The van der Waals surface area contributed by atoms with Crippen molar-refractivity contribution >= 4 is 11.9 Å². The SMILES string of the molecule is N#C/C(=C/Nc1ncccn1)C(=O)N1CCOCC1. The van der Waals surface area contributed by atoms with Crippen LogP contribution in [-0.2, 0) is 9.53 Å². The van der Waals surface area contributed by atoms with Crippen LogP contribution in [0.5, 0.6) is 0 Å². The summed E-state index contributed by atoms with van der Waals surface area (Å²) in [7, 11) is 0. The van der Waals surface area contributed by atoms with Gasteiger partial charge in [0.2, 0.25) is 5.95 Å². The molecule has 7 nitrogen and oxygen atoms in total. The maximum absolute atomic E-state index is 12.0. The van der Waals surface area contributed by atoms with Crippen LogP contribution >= 0.6 is 0 Å². The van der Waals surface area contributed by atoms with Crippen molar-refractivity contribution in [3.63, 3.8) is 0 Å². The van der Waals surface area contributed by atoms with E-state index in [1.807, 2.05) is 6.07 Å². The molecule has 0 atom stereocenters. The topological polar surface area (TPSA) is 91.1 Å². The van der Waals surface area contributed by atoms with Gasteiger partial charge in [0.05, 0.1) is 13.2 Å². The van der Waals surface area contributed by atoms with E-state index in [0.29, 0.717) is 32.3 Å². The molecule has 0 saturated carbocycles. The molecule has 1 amide bonds. The molecule has 0 spiro atoms. The Labute approximate surface area is 110 Å². The summed E-state index contributed by atoms with van der Waals surface area (Å²) in [6.07, 6.45) is 4.46. The Morgan fingerprint density at radius 3 is 2.74 bits per heavy atom. The lowest BCUT2D eigenvalue weighted by atomic mass is 10.2. The minimum atomic E-state index is -0.311. The normalized spacial score (nSPS) is 15.7. The predicted molar refractivity (Wildman–Crippen MR) is 66.7 cm³/mol. The highest BCUT2D eigenvalue weighted by atomic mass is 16.5. The van der Waals surface area contributed by atoms with Gasteiger partial charge in [-0.05, 0) is 6.07 Å². The zero-order chi connectivity index (χ0) is 13.5. The van der Waals surface area contributed by atoms with Crippen LogP contribution in [-0.4, -0.2) is 47.1 Å². The van der Waals surface area contributed by atoms with E-state index in [-0.39, 0.29) is 11.5 Å².